The van der Waals surface area contributed by atoms with Crippen LogP contribution in [0.5, 0.6) is 0 Å². The molecule has 0 fully saturated rings. The average molecular weight is 340 g/mol. The first kappa shape index (κ1) is 15.3. The van der Waals surface area contributed by atoms with Gasteiger partial charge >= 0.3 is 0 Å². The van der Waals surface area contributed by atoms with Gasteiger partial charge < -0.3 is 5.32 Å². The molecule has 2 aromatic rings. The van der Waals surface area contributed by atoms with Gasteiger partial charge in [-0.3, -0.25) is 9.36 Å². The van der Waals surface area contributed by atoms with Crippen molar-refractivity contribution in [2.45, 2.75) is 39.8 Å². The van der Waals surface area contributed by atoms with E-state index in [1.54, 1.807) is 0 Å². The Labute approximate surface area is 128 Å². The molecule has 1 N–H and O–H groups in total. The van der Waals surface area contributed by atoms with Crippen LogP contribution in [0.15, 0.2) is 16.9 Å². The van der Waals surface area contributed by atoms with Crippen molar-refractivity contribution in [3.05, 3.63) is 33.8 Å². The van der Waals surface area contributed by atoms with Gasteiger partial charge in [0.25, 0.3) is 0 Å². The summed E-state index contributed by atoms with van der Waals surface area (Å²) in [4.78, 5) is 0. The number of rotatable bonds is 6. The number of aromatic nitrogens is 4. The number of aryl methyl sites for hydroxylation is 2. The molecule has 0 bridgehead atoms. The Morgan fingerprint density at radius 1 is 1.40 bits per heavy atom. The van der Waals surface area contributed by atoms with Crippen molar-refractivity contribution >= 4 is 15.9 Å². The van der Waals surface area contributed by atoms with Crippen LogP contribution in [0.4, 0.5) is 0 Å². The zero-order valence-electron chi connectivity index (χ0n) is 12.5. The summed E-state index contributed by atoms with van der Waals surface area (Å²) in [7, 11) is 2.00. The third-order valence-electron chi connectivity index (χ3n) is 3.59. The monoisotopic (exact) mass is 339 g/mol. The highest BCUT2D eigenvalue weighted by Crippen LogP contribution is 2.12. The lowest BCUT2D eigenvalue weighted by Gasteiger charge is -2.14. The summed E-state index contributed by atoms with van der Waals surface area (Å²) in [5, 5.41) is 12.3. The quantitative estimate of drug-likeness (QED) is 0.877. The van der Waals surface area contributed by atoms with E-state index in [-0.39, 0.29) is 0 Å². The molecule has 5 nitrogen and oxygen atoms in total. The number of halogens is 1. The van der Waals surface area contributed by atoms with Gasteiger partial charge in [0, 0.05) is 25.0 Å². The molecule has 20 heavy (non-hydrogen) atoms. The third kappa shape index (κ3) is 3.70. The lowest BCUT2D eigenvalue weighted by molar-refractivity contribution is 0.454. The molecule has 2 heterocycles. The summed E-state index contributed by atoms with van der Waals surface area (Å²) in [6, 6.07) is 0.388. The minimum atomic E-state index is 0.388. The normalized spacial score (nSPS) is 12.8. The van der Waals surface area contributed by atoms with Crippen molar-refractivity contribution in [2.24, 2.45) is 7.05 Å². The van der Waals surface area contributed by atoms with E-state index < -0.39 is 0 Å². The zero-order valence-corrected chi connectivity index (χ0v) is 14.1. The Balaban J connectivity index is 1.80. The molecule has 110 valence electrons. The molecule has 0 radical (unpaired) electrons. The van der Waals surface area contributed by atoms with Crippen molar-refractivity contribution in [1.82, 2.24) is 24.9 Å². The molecule has 0 aliphatic heterocycles. The van der Waals surface area contributed by atoms with Crippen LogP contribution in [0.3, 0.4) is 0 Å². The topological polar surface area (TPSA) is 47.7 Å². The Morgan fingerprint density at radius 2 is 2.15 bits per heavy atom. The molecular weight excluding hydrogens is 318 g/mol. The Kier molecular flexibility index (Phi) is 4.99. The highest BCUT2D eigenvalue weighted by atomic mass is 79.9. The van der Waals surface area contributed by atoms with Gasteiger partial charge in [-0.15, -0.1) is 0 Å². The molecule has 0 amide bonds. The highest BCUT2D eigenvalue weighted by Gasteiger charge is 2.10. The van der Waals surface area contributed by atoms with E-state index in [0.717, 1.165) is 29.7 Å². The summed E-state index contributed by atoms with van der Waals surface area (Å²) in [5.41, 5.74) is 3.75. The SMILES string of the molecule is Cc1nn(C)c(C)c1CCN[C@H](C)Cn1cc(Br)cn1. The van der Waals surface area contributed by atoms with Crippen molar-refractivity contribution in [1.29, 1.82) is 0 Å². The molecular formula is C14H22BrN5. The minimum Gasteiger partial charge on any atom is -0.312 e. The summed E-state index contributed by atoms with van der Waals surface area (Å²) in [6.45, 7) is 8.21. The molecule has 0 aliphatic rings. The van der Waals surface area contributed by atoms with Crippen LogP contribution in [-0.2, 0) is 20.0 Å². The first-order valence-corrected chi connectivity index (χ1v) is 7.67. The smallest absolute Gasteiger partial charge is 0.0632 e. The zero-order chi connectivity index (χ0) is 14.7. The number of nitrogens with one attached hydrogen (secondary N) is 1. The second-order valence-corrected chi connectivity index (χ2v) is 6.17. The van der Waals surface area contributed by atoms with E-state index in [4.69, 9.17) is 0 Å². The summed E-state index contributed by atoms with van der Waals surface area (Å²) in [5.74, 6) is 0. The van der Waals surface area contributed by atoms with Crippen LogP contribution in [0, 0.1) is 13.8 Å². The number of nitrogens with zero attached hydrogens (tertiary/aromatic N) is 4. The molecule has 0 aromatic carbocycles. The van der Waals surface area contributed by atoms with Gasteiger partial charge in [0.15, 0.2) is 0 Å². The maximum absolute atomic E-state index is 4.45. The van der Waals surface area contributed by atoms with Crippen LogP contribution < -0.4 is 5.32 Å². The van der Waals surface area contributed by atoms with Crippen molar-refractivity contribution in [2.75, 3.05) is 6.54 Å². The van der Waals surface area contributed by atoms with E-state index in [2.05, 4.69) is 52.2 Å². The fraction of sp³-hybridized carbons (Fsp3) is 0.571. The van der Waals surface area contributed by atoms with Crippen LogP contribution in [0.2, 0.25) is 0 Å². The van der Waals surface area contributed by atoms with Crippen LogP contribution in [-0.4, -0.2) is 32.1 Å². The van der Waals surface area contributed by atoms with Gasteiger partial charge in [-0.25, -0.2) is 0 Å². The summed E-state index contributed by atoms with van der Waals surface area (Å²) < 4.78 is 4.92. The third-order valence-corrected chi connectivity index (χ3v) is 4.00. The lowest BCUT2D eigenvalue weighted by Crippen LogP contribution is -2.32. The van der Waals surface area contributed by atoms with Gasteiger partial charge in [-0.1, -0.05) is 0 Å². The Bertz CT molecular complexity index is 572. The lowest BCUT2D eigenvalue weighted by atomic mass is 10.1. The molecule has 0 spiro atoms. The van der Waals surface area contributed by atoms with Crippen molar-refractivity contribution < 1.29 is 0 Å². The van der Waals surface area contributed by atoms with E-state index in [9.17, 15) is 0 Å². The van der Waals surface area contributed by atoms with E-state index >= 15 is 0 Å². The van der Waals surface area contributed by atoms with Crippen molar-refractivity contribution in [3.63, 3.8) is 0 Å². The van der Waals surface area contributed by atoms with E-state index in [1.165, 1.54) is 11.3 Å². The molecule has 0 saturated carbocycles. The van der Waals surface area contributed by atoms with Crippen LogP contribution in [0.25, 0.3) is 0 Å². The predicted molar refractivity (Wildman–Crippen MR) is 83.8 cm³/mol. The Morgan fingerprint density at radius 3 is 2.70 bits per heavy atom. The van der Waals surface area contributed by atoms with Crippen LogP contribution >= 0.6 is 15.9 Å². The highest BCUT2D eigenvalue weighted by molar-refractivity contribution is 9.10. The van der Waals surface area contributed by atoms with Crippen molar-refractivity contribution in [3.8, 4) is 0 Å². The number of hydrogen-bond acceptors (Lipinski definition) is 3. The largest absolute Gasteiger partial charge is 0.312 e. The molecule has 0 aliphatic carbocycles. The van der Waals surface area contributed by atoms with Gasteiger partial charge in [-0.05, 0) is 55.2 Å². The first-order chi connectivity index (χ1) is 9.47. The predicted octanol–water partition coefficient (Wildman–Crippen LogP) is 2.22. The summed E-state index contributed by atoms with van der Waals surface area (Å²) >= 11 is 3.41. The molecule has 0 unspecified atom stereocenters. The standard InChI is InChI=1S/C14H22BrN5/c1-10(8-20-9-13(15)7-17-20)16-6-5-14-11(2)18-19(4)12(14)3/h7,9-10,16H,5-6,8H2,1-4H3/t10-/m1/s1. The molecule has 2 aromatic heterocycles. The molecule has 1 atom stereocenters. The van der Waals surface area contributed by atoms with Gasteiger partial charge in [0.1, 0.15) is 0 Å². The average Bonchev–Trinajstić information content (AvgIpc) is 2.88. The second kappa shape index (κ2) is 6.54. The summed E-state index contributed by atoms with van der Waals surface area (Å²) in [6.07, 6.45) is 4.82. The fourth-order valence-electron chi connectivity index (χ4n) is 2.41. The van der Waals surface area contributed by atoms with E-state index in [1.807, 2.05) is 28.8 Å². The molecule has 2 rings (SSSR count). The first-order valence-electron chi connectivity index (χ1n) is 6.87. The van der Waals surface area contributed by atoms with Gasteiger partial charge in [0.2, 0.25) is 0 Å². The van der Waals surface area contributed by atoms with Gasteiger partial charge in [-0.2, -0.15) is 10.2 Å². The number of hydrogen-bond donors (Lipinski definition) is 1. The van der Waals surface area contributed by atoms with Gasteiger partial charge in [0.05, 0.1) is 22.9 Å². The second-order valence-electron chi connectivity index (χ2n) is 5.26. The maximum Gasteiger partial charge on any atom is 0.0632 e. The molecule has 6 heteroatoms. The fourth-order valence-corrected chi connectivity index (χ4v) is 2.73. The Hall–Kier alpha value is -1.14. The molecule has 0 saturated heterocycles. The maximum atomic E-state index is 4.45. The van der Waals surface area contributed by atoms with Crippen LogP contribution in [0.1, 0.15) is 23.9 Å². The van der Waals surface area contributed by atoms with E-state index in [0.29, 0.717) is 6.04 Å². The minimum absolute atomic E-state index is 0.388.